The number of halogens is 2. The number of benzene rings is 2. The molecule has 0 heterocycles. The first-order valence-electron chi connectivity index (χ1n) is 6.23. The van der Waals surface area contributed by atoms with E-state index in [0.717, 1.165) is 17.3 Å². The Bertz CT molecular complexity index is 634. The molecule has 0 saturated carbocycles. The van der Waals surface area contributed by atoms with Gasteiger partial charge in [-0.25, -0.2) is 4.39 Å². The molecule has 3 N–H and O–H groups in total. The molecule has 0 bridgehead atoms. The molecule has 0 spiro atoms. The quantitative estimate of drug-likeness (QED) is 0.654. The van der Waals surface area contributed by atoms with E-state index >= 15 is 0 Å². The molecule has 0 fully saturated rings. The number of amides is 1. The normalized spacial score (nSPS) is 10.4. The van der Waals surface area contributed by atoms with E-state index < -0.39 is 5.82 Å². The first-order valence-corrected chi connectivity index (χ1v) is 7.60. The zero-order valence-electron chi connectivity index (χ0n) is 11.1. The third-order valence-corrected chi connectivity index (χ3v) is 4.02. The number of nitrogen functional groups attached to an aromatic ring is 1. The summed E-state index contributed by atoms with van der Waals surface area (Å²) in [5.74, 6) is -0.425. The molecule has 0 unspecified atom stereocenters. The van der Waals surface area contributed by atoms with Gasteiger partial charge < -0.3 is 11.1 Å². The van der Waals surface area contributed by atoms with Crippen molar-refractivity contribution in [1.82, 2.24) is 5.32 Å². The first-order chi connectivity index (χ1) is 10.0. The lowest BCUT2D eigenvalue weighted by atomic mass is 10.2. The number of thioether (sulfide) groups is 1. The van der Waals surface area contributed by atoms with Crippen LogP contribution >= 0.6 is 23.4 Å². The average molecular weight is 325 g/mol. The zero-order chi connectivity index (χ0) is 15.2. The van der Waals surface area contributed by atoms with Gasteiger partial charge in [0.05, 0.1) is 5.75 Å². The molecule has 0 saturated heterocycles. The summed E-state index contributed by atoms with van der Waals surface area (Å²) in [6.45, 7) is 0.417. The number of carbonyl (C=O) groups excluding carboxylic acids is 1. The molecular weight excluding hydrogens is 311 g/mol. The van der Waals surface area contributed by atoms with Crippen LogP contribution < -0.4 is 11.1 Å². The third-order valence-electron chi connectivity index (χ3n) is 2.72. The molecule has 0 radical (unpaired) electrons. The summed E-state index contributed by atoms with van der Waals surface area (Å²) in [6.07, 6.45) is 0. The minimum Gasteiger partial charge on any atom is -0.399 e. The van der Waals surface area contributed by atoms with Crippen LogP contribution in [0.5, 0.6) is 0 Å². The minimum absolute atomic E-state index is 0.147. The molecule has 0 aliphatic rings. The summed E-state index contributed by atoms with van der Waals surface area (Å²) in [7, 11) is 0. The maximum absolute atomic E-state index is 13.5. The fourth-order valence-corrected chi connectivity index (χ4v) is 2.51. The number of nitrogens with one attached hydrogen (secondary N) is 1. The van der Waals surface area contributed by atoms with Gasteiger partial charge in [0.1, 0.15) is 5.82 Å². The number of anilines is 1. The molecule has 6 heteroatoms. The Morgan fingerprint density at radius 1 is 1.24 bits per heavy atom. The monoisotopic (exact) mass is 324 g/mol. The Morgan fingerprint density at radius 3 is 2.62 bits per heavy atom. The predicted octanol–water partition coefficient (Wildman–Crippen LogP) is 3.47. The van der Waals surface area contributed by atoms with Gasteiger partial charge in [-0.3, -0.25) is 4.79 Å². The van der Waals surface area contributed by atoms with Crippen LogP contribution in [0.4, 0.5) is 10.1 Å². The second kappa shape index (κ2) is 7.33. The van der Waals surface area contributed by atoms with Crippen LogP contribution in [0.3, 0.4) is 0 Å². The lowest BCUT2D eigenvalue weighted by Crippen LogP contribution is -2.24. The fourth-order valence-electron chi connectivity index (χ4n) is 1.63. The topological polar surface area (TPSA) is 55.1 Å². The van der Waals surface area contributed by atoms with E-state index in [0.29, 0.717) is 22.2 Å². The molecule has 1 amide bonds. The van der Waals surface area contributed by atoms with Crippen molar-refractivity contribution >= 4 is 35.0 Å². The summed E-state index contributed by atoms with van der Waals surface area (Å²) < 4.78 is 13.5. The third kappa shape index (κ3) is 4.95. The molecule has 21 heavy (non-hydrogen) atoms. The van der Waals surface area contributed by atoms with Crippen LogP contribution in [-0.4, -0.2) is 11.7 Å². The maximum Gasteiger partial charge on any atom is 0.230 e. The van der Waals surface area contributed by atoms with Gasteiger partial charge in [-0.1, -0.05) is 23.7 Å². The van der Waals surface area contributed by atoms with Gasteiger partial charge in [0.2, 0.25) is 5.91 Å². The highest BCUT2D eigenvalue weighted by Gasteiger charge is 2.07. The Hall–Kier alpha value is -1.72. The van der Waals surface area contributed by atoms with Crippen LogP contribution in [0.2, 0.25) is 5.02 Å². The average Bonchev–Trinajstić information content (AvgIpc) is 2.46. The number of hydrogen-bond donors (Lipinski definition) is 2. The standard InChI is InChI=1S/C15H14ClFN2OS/c16-11-3-1-10(2-4-11)8-19-15(20)9-21-14-6-5-12(18)7-13(14)17/h1-7H,8-9,18H2,(H,19,20). The molecule has 0 aliphatic carbocycles. The van der Waals surface area contributed by atoms with E-state index in [1.807, 2.05) is 12.1 Å². The van der Waals surface area contributed by atoms with Crippen molar-refractivity contribution in [3.8, 4) is 0 Å². The lowest BCUT2D eigenvalue weighted by Gasteiger charge is -2.06. The number of carbonyl (C=O) groups is 1. The number of nitrogens with two attached hydrogens (primary N) is 1. The number of rotatable bonds is 5. The van der Waals surface area contributed by atoms with Crippen LogP contribution in [0.1, 0.15) is 5.56 Å². The summed E-state index contributed by atoms with van der Waals surface area (Å²) in [5, 5.41) is 3.42. The van der Waals surface area contributed by atoms with Gasteiger partial charge in [-0.05, 0) is 35.9 Å². The van der Waals surface area contributed by atoms with Gasteiger partial charge in [0, 0.05) is 22.2 Å². The molecule has 0 aliphatic heterocycles. The van der Waals surface area contributed by atoms with Crippen molar-refractivity contribution in [2.24, 2.45) is 0 Å². The van der Waals surface area contributed by atoms with Crippen molar-refractivity contribution in [1.29, 1.82) is 0 Å². The summed E-state index contributed by atoms with van der Waals surface area (Å²) in [6, 6.07) is 11.6. The van der Waals surface area contributed by atoms with E-state index in [9.17, 15) is 9.18 Å². The molecule has 2 aromatic carbocycles. The predicted molar refractivity (Wildman–Crippen MR) is 84.8 cm³/mol. The van der Waals surface area contributed by atoms with E-state index in [1.165, 1.54) is 6.07 Å². The van der Waals surface area contributed by atoms with Crippen molar-refractivity contribution in [2.45, 2.75) is 11.4 Å². The smallest absolute Gasteiger partial charge is 0.230 e. The maximum atomic E-state index is 13.5. The lowest BCUT2D eigenvalue weighted by molar-refractivity contribution is -0.118. The minimum atomic E-state index is -0.412. The molecule has 3 nitrogen and oxygen atoms in total. The van der Waals surface area contributed by atoms with Gasteiger partial charge >= 0.3 is 0 Å². The van der Waals surface area contributed by atoms with Crippen LogP contribution in [0.15, 0.2) is 47.4 Å². The Balaban J connectivity index is 1.80. The van der Waals surface area contributed by atoms with E-state index in [2.05, 4.69) is 5.32 Å². The largest absolute Gasteiger partial charge is 0.399 e. The van der Waals surface area contributed by atoms with Crippen LogP contribution in [0, 0.1) is 5.82 Å². The van der Waals surface area contributed by atoms with Gasteiger partial charge in [-0.2, -0.15) is 0 Å². The van der Waals surface area contributed by atoms with E-state index in [4.69, 9.17) is 17.3 Å². The van der Waals surface area contributed by atoms with Crippen LogP contribution in [-0.2, 0) is 11.3 Å². The van der Waals surface area contributed by atoms with E-state index in [1.54, 1.807) is 24.3 Å². The van der Waals surface area contributed by atoms with Crippen molar-refractivity contribution in [2.75, 3.05) is 11.5 Å². The highest BCUT2D eigenvalue weighted by molar-refractivity contribution is 8.00. The van der Waals surface area contributed by atoms with Gasteiger partial charge in [-0.15, -0.1) is 11.8 Å². The van der Waals surface area contributed by atoms with E-state index in [-0.39, 0.29) is 11.7 Å². The zero-order valence-corrected chi connectivity index (χ0v) is 12.7. The highest BCUT2D eigenvalue weighted by Crippen LogP contribution is 2.23. The molecule has 110 valence electrons. The molecule has 0 aromatic heterocycles. The van der Waals surface area contributed by atoms with Crippen LogP contribution in [0.25, 0.3) is 0 Å². The number of hydrogen-bond acceptors (Lipinski definition) is 3. The fraction of sp³-hybridized carbons (Fsp3) is 0.133. The second-order valence-electron chi connectivity index (χ2n) is 4.38. The Kier molecular flexibility index (Phi) is 5.47. The van der Waals surface area contributed by atoms with Crippen molar-refractivity contribution in [3.05, 3.63) is 58.9 Å². The highest BCUT2D eigenvalue weighted by atomic mass is 35.5. The summed E-state index contributed by atoms with van der Waals surface area (Å²) >= 11 is 6.92. The summed E-state index contributed by atoms with van der Waals surface area (Å²) in [5.41, 5.74) is 6.79. The summed E-state index contributed by atoms with van der Waals surface area (Å²) in [4.78, 5) is 12.1. The molecular formula is C15H14ClFN2OS. The Labute approximate surface area is 131 Å². The molecule has 2 aromatic rings. The molecule has 0 atom stereocenters. The van der Waals surface area contributed by atoms with Crippen molar-refractivity contribution in [3.63, 3.8) is 0 Å². The van der Waals surface area contributed by atoms with Crippen molar-refractivity contribution < 1.29 is 9.18 Å². The Morgan fingerprint density at radius 2 is 1.95 bits per heavy atom. The molecule has 2 rings (SSSR count). The van der Waals surface area contributed by atoms with Gasteiger partial charge in [0.15, 0.2) is 0 Å². The SMILES string of the molecule is Nc1ccc(SCC(=O)NCc2ccc(Cl)cc2)c(F)c1. The first kappa shape index (κ1) is 15.7. The van der Waals surface area contributed by atoms with Gasteiger partial charge in [0.25, 0.3) is 0 Å². The second-order valence-corrected chi connectivity index (χ2v) is 5.84.